The van der Waals surface area contributed by atoms with Gasteiger partial charge in [0.05, 0.1) is 11.3 Å². The highest BCUT2D eigenvalue weighted by atomic mass is 19.2. The van der Waals surface area contributed by atoms with E-state index in [1.165, 1.54) is 6.20 Å². The summed E-state index contributed by atoms with van der Waals surface area (Å²) in [6, 6.07) is 5.09. The van der Waals surface area contributed by atoms with E-state index >= 15 is 0 Å². The Morgan fingerprint density at radius 2 is 1.97 bits per heavy atom. The van der Waals surface area contributed by atoms with Gasteiger partial charge in [-0.05, 0) is 43.2 Å². The molecule has 6 nitrogen and oxygen atoms in total. The molecule has 0 saturated carbocycles. The maximum atomic E-state index is 14.4. The topological polar surface area (TPSA) is 70.4 Å². The van der Waals surface area contributed by atoms with Crippen molar-refractivity contribution in [2.24, 2.45) is 7.05 Å². The van der Waals surface area contributed by atoms with Gasteiger partial charge in [0.1, 0.15) is 17.3 Å². The Labute approximate surface area is 176 Å². The van der Waals surface area contributed by atoms with E-state index in [2.05, 4.69) is 9.88 Å². The van der Waals surface area contributed by atoms with Gasteiger partial charge in [0.2, 0.25) is 0 Å². The lowest BCUT2D eigenvalue weighted by molar-refractivity contribution is 0.0695. The number of hydrogen-bond donors (Lipinski definition) is 2. The standard InChI is InChI=1S/C22H21F3N4O2/c1-12(19-11-15-18(27-25)3-6-26-21(15)28(19)2)29-7-4-13(5-8-29)20-16(23)9-14(22(30)31)10-17(20)24/h3-4,6,9-12H,5,7-8H2,1-2H3,(H,26,27)(H,30,31). The molecule has 1 aromatic carbocycles. The van der Waals surface area contributed by atoms with Crippen LogP contribution < -0.4 is 5.54 Å². The zero-order valence-electron chi connectivity index (χ0n) is 17.0. The van der Waals surface area contributed by atoms with Crippen molar-refractivity contribution in [3.63, 3.8) is 0 Å². The van der Waals surface area contributed by atoms with Gasteiger partial charge in [0.15, 0.2) is 0 Å². The summed E-state index contributed by atoms with van der Waals surface area (Å²) in [4.78, 5) is 17.5. The Morgan fingerprint density at radius 3 is 2.55 bits per heavy atom. The van der Waals surface area contributed by atoms with Crippen molar-refractivity contribution in [1.29, 1.82) is 0 Å². The van der Waals surface area contributed by atoms with Crippen LogP contribution in [0.25, 0.3) is 16.6 Å². The maximum absolute atomic E-state index is 14.4. The lowest BCUT2D eigenvalue weighted by Crippen LogP contribution is -2.32. The molecule has 4 rings (SSSR count). The summed E-state index contributed by atoms with van der Waals surface area (Å²) in [5, 5.41) is 9.63. The van der Waals surface area contributed by atoms with E-state index in [0.717, 1.165) is 17.8 Å². The number of nitrogens with zero attached hydrogens (tertiary/aromatic N) is 3. The summed E-state index contributed by atoms with van der Waals surface area (Å²) in [6.45, 7) is 3.02. The van der Waals surface area contributed by atoms with E-state index in [-0.39, 0.29) is 11.6 Å². The third kappa shape index (κ3) is 3.65. The number of anilines is 1. The zero-order chi connectivity index (χ0) is 22.3. The summed E-state index contributed by atoms with van der Waals surface area (Å²) in [5.41, 5.74) is 3.54. The van der Waals surface area contributed by atoms with E-state index in [1.54, 1.807) is 17.7 Å². The van der Waals surface area contributed by atoms with Crippen molar-refractivity contribution in [3.05, 3.63) is 65.0 Å². The minimum Gasteiger partial charge on any atom is -0.478 e. The van der Waals surface area contributed by atoms with Crippen LogP contribution in [0.15, 0.2) is 36.5 Å². The van der Waals surface area contributed by atoms with Crippen LogP contribution >= 0.6 is 0 Å². The van der Waals surface area contributed by atoms with E-state index in [9.17, 15) is 18.1 Å². The number of carbonyl (C=O) groups is 1. The highest BCUT2D eigenvalue weighted by Crippen LogP contribution is 2.34. The number of carboxylic acids is 1. The van der Waals surface area contributed by atoms with Gasteiger partial charge in [-0.1, -0.05) is 6.08 Å². The van der Waals surface area contributed by atoms with Gasteiger partial charge in [-0.25, -0.2) is 24.1 Å². The predicted octanol–water partition coefficient (Wildman–Crippen LogP) is 4.70. The van der Waals surface area contributed by atoms with Crippen LogP contribution in [-0.4, -0.2) is 38.6 Å². The van der Waals surface area contributed by atoms with Gasteiger partial charge in [-0.3, -0.25) is 4.90 Å². The number of nitrogens with one attached hydrogen (secondary N) is 1. The third-order valence-corrected chi connectivity index (χ3v) is 5.89. The van der Waals surface area contributed by atoms with Crippen LogP contribution in [-0.2, 0) is 7.05 Å². The summed E-state index contributed by atoms with van der Waals surface area (Å²) in [5.74, 6) is -3.13. The van der Waals surface area contributed by atoms with Crippen molar-refractivity contribution < 1.29 is 23.2 Å². The van der Waals surface area contributed by atoms with Crippen LogP contribution in [0.1, 0.15) is 41.0 Å². The number of benzene rings is 1. The molecule has 0 bridgehead atoms. The van der Waals surface area contributed by atoms with Crippen molar-refractivity contribution >= 4 is 28.3 Å². The molecular weight excluding hydrogens is 409 g/mol. The number of pyridine rings is 1. The second-order valence-electron chi connectivity index (χ2n) is 7.59. The Bertz CT molecular complexity index is 1180. The normalized spacial score (nSPS) is 15.7. The molecule has 0 radical (unpaired) electrons. The highest BCUT2D eigenvalue weighted by molar-refractivity contribution is 5.90. The molecule has 1 atom stereocenters. The van der Waals surface area contributed by atoms with Crippen LogP contribution in [0.4, 0.5) is 18.9 Å². The van der Waals surface area contributed by atoms with Crippen LogP contribution in [0, 0.1) is 11.6 Å². The number of aromatic carboxylic acids is 1. The molecule has 162 valence electrons. The number of aryl methyl sites for hydroxylation is 1. The maximum Gasteiger partial charge on any atom is 0.335 e. The molecule has 0 aliphatic carbocycles. The fourth-order valence-corrected chi connectivity index (χ4v) is 4.18. The van der Waals surface area contributed by atoms with Gasteiger partial charge in [-0.15, -0.1) is 4.48 Å². The number of carboxylic acid groups (broad SMARTS) is 1. The molecule has 9 heteroatoms. The lowest BCUT2D eigenvalue weighted by Gasteiger charge is -2.32. The van der Waals surface area contributed by atoms with Crippen LogP contribution in [0.3, 0.4) is 0 Å². The van der Waals surface area contributed by atoms with Crippen LogP contribution in [0.2, 0.25) is 0 Å². The Kier molecular flexibility index (Phi) is 5.45. The summed E-state index contributed by atoms with van der Waals surface area (Å²) in [7, 11) is 1.86. The molecule has 1 unspecified atom stereocenters. The van der Waals surface area contributed by atoms with Gasteiger partial charge < -0.3 is 9.67 Å². The Balaban J connectivity index is 1.60. The summed E-state index contributed by atoms with van der Waals surface area (Å²) >= 11 is 0. The fourth-order valence-electron chi connectivity index (χ4n) is 4.18. The van der Waals surface area contributed by atoms with E-state index in [4.69, 9.17) is 5.11 Å². The lowest BCUT2D eigenvalue weighted by atomic mass is 9.96. The van der Waals surface area contributed by atoms with Crippen molar-refractivity contribution in [1.82, 2.24) is 14.5 Å². The fraction of sp³-hybridized carbons (Fsp3) is 0.273. The molecule has 0 saturated heterocycles. The minimum absolute atomic E-state index is 0.0476. The molecule has 1 aliphatic heterocycles. The van der Waals surface area contributed by atoms with Gasteiger partial charge in [0, 0.05) is 49.0 Å². The first kappa shape index (κ1) is 20.9. The van der Waals surface area contributed by atoms with E-state index < -0.39 is 23.2 Å². The molecule has 2 aromatic heterocycles. The minimum atomic E-state index is -1.38. The van der Waals surface area contributed by atoms with Crippen LogP contribution in [0.5, 0.6) is 0 Å². The smallest absolute Gasteiger partial charge is 0.335 e. The largest absolute Gasteiger partial charge is 0.478 e. The van der Waals surface area contributed by atoms with Gasteiger partial charge >= 0.3 is 5.97 Å². The molecule has 0 amide bonds. The average Bonchev–Trinajstić information content (AvgIpc) is 3.10. The third-order valence-electron chi connectivity index (χ3n) is 5.89. The van der Waals surface area contributed by atoms with Crippen molar-refractivity contribution in [2.45, 2.75) is 19.4 Å². The van der Waals surface area contributed by atoms with E-state index in [1.807, 2.05) is 24.6 Å². The molecule has 0 fully saturated rings. The van der Waals surface area contributed by atoms with Crippen molar-refractivity contribution in [2.75, 3.05) is 18.6 Å². The number of hydrogen-bond acceptors (Lipinski definition) is 4. The van der Waals surface area contributed by atoms with E-state index in [0.29, 0.717) is 41.8 Å². The molecule has 3 heterocycles. The SMILES string of the molecule is CC(c1cc2c(NF)ccnc2n1C)N1CC=C(c2c(F)cc(C(=O)O)cc2F)CC1. The second-order valence-corrected chi connectivity index (χ2v) is 7.59. The monoisotopic (exact) mass is 430 g/mol. The first-order chi connectivity index (χ1) is 14.8. The molecule has 3 aromatic rings. The zero-order valence-corrected chi connectivity index (χ0v) is 17.0. The molecule has 2 N–H and O–H groups in total. The number of aromatic nitrogens is 2. The van der Waals surface area contributed by atoms with Crippen molar-refractivity contribution in [3.8, 4) is 0 Å². The summed E-state index contributed by atoms with van der Waals surface area (Å²) < 4.78 is 43.8. The molecular formula is C22H21F3N4O2. The molecule has 31 heavy (non-hydrogen) atoms. The number of fused-ring (bicyclic) bond motifs is 1. The molecule has 1 aliphatic rings. The quantitative estimate of drug-likeness (QED) is 0.575. The number of rotatable bonds is 5. The Hall–Kier alpha value is -3.33. The first-order valence-electron chi connectivity index (χ1n) is 9.78. The first-order valence-corrected chi connectivity index (χ1v) is 9.78. The van der Waals surface area contributed by atoms with Gasteiger partial charge in [0.25, 0.3) is 0 Å². The second kappa shape index (κ2) is 8.07. The number of halogens is 3. The molecule has 0 spiro atoms. The highest BCUT2D eigenvalue weighted by Gasteiger charge is 2.25. The Morgan fingerprint density at radius 1 is 1.26 bits per heavy atom. The van der Waals surface area contributed by atoms with Gasteiger partial charge in [-0.2, -0.15) is 0 Å². The summed E-state index contributed by atoms with van der Waals surface area (Å²) in [6.07, 6.45) is 3.70. The average molecular weight is 430 g/mol. The predicted molar refractivity (Wildman–Crippen MR) is 111 cm³/mol.